The van der Waals surface area contributed by atoms with Crippen LogP contribution in [0.4, 0.5) is 0 Å². The summed E-state index contributed by atoms with van der Waals surface area (Å²) in [7, 11) is 0. The Morgan fingerprint density at radius 2 is 1.87 bits per heavy atom. The maximum Gasteiger partial charge on any atom is 0.103 e. The Morgan fingerprint density at radius 1 is 1.27 bits per heavy atom. The molecule has 0 saturated carbocycles. The van der Waals surface area contributed by atoms with Gasteiger partial charge < -0.3 is 5.73 Å². The Labute approximate surface area is 100 Å². The number of halogens is 1. The SMILES string of the molecule is CCC1(CC)Cc2ccccc2C1(N)Br. The minimum Gasteiger partial charge on any atom is -0.312 e. The highest BCUT2D eigenvalue weighted by molar-refractivity contribution is 9.09. The Morgan fingerprint density at radius 3 is 2.40 bits per heavy atom. The molecule has 1 unspecified atom stereocenters. The molecule has 0 heterocycles. The van der Waals surface area contributed by atoms with Gasteiger partial charge in [-0.3, -0.25) is 0 Å². The van der Waals surface area contributed by atoms with Crippen LogP contribution in [0.15, 0.2) is 24.3 Å². The summed E-state index contributed by atoms with van der Waals surface area (Å²) in [6, 6.07) is 8.52. The summed E-state index contributed by atoms with van der Waals surface area (Å²) in [5.74, 6) is 0. The van der Waals surface area contributed by atoms with Gasteiger partial charge in [-0.2, -0.15) is 0 Å². The summed E-state index contributed by atoms with van der Waals surface area (Å²) < 4.78 is -0.347. The highest BCUT2D eigenvalue weighted by Crippen LogP contribution is 2.55. The molecule has 0 amide bonds. The van der Waals surface area contributed by atoms with Crippen LogP contribution in [0.5, 0.6) is 0 Å². The fourth-order valence-electron chi connectivity index (χ4n) is 2.82. The van der Waals surface area contributed by atoms with E-state index >= 15 is 0 Å². The Kier molecular flexibility index (Phi) is 2.68. The van der Waals surface area contributed by atoms with E-state index in [-0.39, 0.29) is 9.86 Å². The maximum absolute atomic E-state index is 6.51. The van der Waals surface area contributed by atoms with Crippen molar-refractivity contribution < 1.29 is 0 Å². The molecule has 1 aromatic rings. The lowest BCUT2D eigenvalue weighted by Crippen LogP contribution is -2.44. The van der Waals surface area contributed by atoms with Crippen LogP contribution in [0.1, 0.15) is 37.8 Å². The smallest absolute Gasteiger partial charge is 0.103 e. The third-order valence-corrected chi connectivity index (χ3v) is 5.33. The van der Waals surface area contributed by atoms with Crippen LogP contribution in [0.2, 0.25) is 0 Å². The minimum absolute atomic E-state index is 0.177. The summed E-state index contributed by atoms with van der Waals surface area (Å²) in [5.41, 5.74) is 9.36. The van der Waals surface area contributed by atoms with Crippen molar-refractivity contribution in [1.29, 1.82) is 0 Å². The number of hydrogen-bond acceptors (Lipinski definition) is 1. The van der Waals surface area contributed by atoms with Gasteiger partial charge in [-0.25, -0.2) is 0 Å². The normalized spacial score (nSPS) is 27.7. The molecule has 1 aliphatic carbocycles. The number of rotatable bonds is 2. The number of nitrogens with two attached hydrogens (primary N) is 1. The maximum atomic E-state index is 6.51. The van der Waals surface area contributed by atoms with Gasteiger partial charge in [-0.05, 0) is 30.4 Å². The molecule has 0 spiro atoms. The largest absolute Gasteiger partial charge is 0.312 e. The number of hydrogen-bond donors (Lipinski definition) is 1. The van der Waals surface area contributed by atoms with Crippen LogP contribution >= 0.6 is 15.9 Å². The number of fused-ring (bicyclic) bond motifs is 1. The first kappa shape index (κ1) is 11.2. The van der Waals surface area contributed by atoms with Crippen LogP contribution in [0, 0.1) is 5.41 Å². The first-order chi connectivity index (χ1) is 7.07. The van der Waals surface area contributed by atoms with Crippen molar-refractivity contribution in [1.82, 2.24) is 0 Å². The van der Waals surface area contributed by atoms with Gasteiger partial charge in [-0.15, -0.1) is 0 Å². The zero-order valence-corrected chi connectivity index (χ0v) is 11.0. The van der Waals surface area contributed by atoms with Crippen LogP contribution in [0.3, 0.4) is 0 Å². The molecule has 1 nitrogen and oxygen atoms in total. The quantitative estimate of drug-likeness (QED) is 0.644. The summed E-state index contributed by atoms with van der Waals surface area (Å²) >= 11 is 3.76. The molecule has 1 atom stereocenters. The molecule has 1 aromatic carbocycles. The molecule has 0 fully saturated rings. The second kappa shape index (κ2) is 3.60. The topological polar surface area (TPSA) is 26.0 Å². The van der Waals surface area contributed by atoms with Gasteiger partial charge in [0.1, 0.15) is 4.45 Å². The van der Waals surface area contributed by atoms with Crippen molar-refractivity contribution in [2.75, 3.05) is 0 Å². The summed E-state index contributed by atoms with van der Waals surface area (Å²) in [5, 5.41) is 0. The van der Waals surface area contributed by atoms with E-state index in [1.807, 2.05) is 0 Å². The molecule has 0 saturated heterocycles. The number of benzene rings is 1. The predicted octanol–water partition coefficient (Wildman–Crippen LogP) is 3.56. The van der Waals surface area contributed by atoms with Crippen LogP contribution < -0.4 is 5.73 Å². The minimum atomic E-state index is -0.347. The van der Waals surface area contributed by atoms with E-state index in [0.717, 1.165) is 19.3 Å². The van der Waals surface area contributed by atoms with E-state index in [2.05, 4.69) is 54.0 Å². The van der Waals surface area contributed by atoms with Crippen LogP contribution in [-0.2, 0) is 10.9 Å². The van der Waals surface area contributed by atoms with Gasteiger partial charge in [0.2, 0.25) is 0 Å². The summed E-state index contributed by atoms with van der Waals surface area (Å²) in [6.45, 7) is 4.47. The lowest BCUT2D eigenvalue weighted by atomic mass is 9.76. The van der Waals surface area contributed by atoms with Gasteiger partial charge >= 0.3 is 0 Å². The van der Waals surface area contributed by atoms with Gasteiger partial charge in [0.05, 0.1) is 0 Å². The third-order valence-electron chi connectivity index (χ3n) is 4.06. The van der Waals surface area contributed by atoms with Crippen molar-refractivity contribution in [3.8, 4) is 0 Å². The first-order valence-corrected chi connectivity index (χ1v) is 6.43. The fraction of sp³-hybridized carbons (Fsp3) is 0.538. The van der Waals surface area contributed by atoms with E-state index in [0.29, 0.717) is 0 Å². The van der Waals surface area contributed by atoms with Crippen molar-refractivity contribution in [2.45, 2.75) is 37.6 Å². The third kappa shape index (κ3) is 1.38. The Hall–Kier alpha value is -0.340. The summed E-state index contributed by atoms with van der Waals surface area (Å²) in [6.07, 6.45) is 3.32. The predicted molar refractivity (Wildman–Crippen MR) is 68.0 cm³/mol. The average molecular weight is 268 g/mol. The second-order valence-electron chi connectivity index (χ2n) is 4.53. The van der Waals surface area contributed by atoms with Gasteiger partial charge in [0, 0.05) is 5.41 Å². The number of alkyl halides is 1. The second-order valence-corrected chi connectivity index (χ2v) is 5.78. The van der Waals surface area contributed by atoms with Gasteiger partial charge in [0.15, 0.2) is 0 Å². The van der Waals surface area contributed by atoms with Crippen LogP contribution in [0.25, 0.3) is 0 Å². The molecule has 82 valence electrons. The van der Waals surface area contributed by atoms with Crippen LogP contribution in [-0.4, -0.2) is 0 Å². The first-order valence-electron chi connectivity index (χ1n) is 5.63. The monoisotopic (exact) mass is 267 g/mol. The van der Waals surface area contributed by atoms with Crippen molar-refractivity contribution in [3.63, 3.8) is 0 Å². The highest BCUT2D eigenvalue weighted by Gasteiger charge is 2.51. The fourth-order valence-corrected chi connectivity index (χ4v) is 3.91. The molecule has 0 aliphatic heterocycles. The molecule has 2 N–H and O–H groups in total. The average Bonchev–Trinajstić information content (AvgIpc) is 2.48. The van der Waals surface area contributed by atoms with Crippen molar-refractivity contribution in [3.05, 3.63) is 35.4 Å². The molecule has 15 heavy (non-hydrogen) atoms. The van der Waals surface area contributed by atoms with Gasteiger partial charge in [0.25, 0.3) is 0 Å². The van der Waals surface area contributed by atoms with Crippen molar-refractivity contribution in [2.24, 2.45) is 11.1 Å². The van der Waals surface area contributed by atoms with E-state index in [1.54, 1.807) is 0 Å². The molecule has 2 heteroatoms. The Balaban J connectivity index is 2.55. The highest BCUT2D eigenvalue weighted by atomic mass is 79.9. The van der Waals surface area contributed by atoms with Crippen molar-refractivity contribution >= 4 is 15.9 Å². The standard InChI is InChI=1S/C13H18BrN/c1-3-12(4-2)9-10-7-5-6-8-11(10)13(12,14)15/h5-8H,3-4,9,15H2,1-2H3. The lowest BCUT2D eigenvalue weighted by molar-refractivity contribution is 0.205. The molecule has 0 aromatic heterocycles. The zero-order chi connectivity index (χ0) is 11.1. The lowest BCUT2D eigenvalue weighted by Gasteiger charge is -2.38. The molecule has 0 radical (unpaired) electrons. The summed E-state index contributed by atoms with van der Waals surface area (Å²) in [4.78, 5) is 0. The molecule has 1 aliphatic rings. The van der Waals surface area contributed by atoms with E-state index in [4.69, 9.17) is 5.73 Å². The molecule has 0 bridgehead atoms. The molecular formula is C13H18BrN. The molecule has 2 rings (SSSR count). The Bertz CT molecular complexity index is 367. The molecular weight excluding hydrogens is 250 g/mol. The van der Waals surface area contributed by atoms with E-state index < -0.39 is 0 Å². The van der Waals surface area contributed by atoms with E-state index in [9.17, 15) is 0 Å². The van der Waals surface area contributed by atoms with Gasteiger partial charge in [-0.1, -0.05) is 54.0 Å². The zero-order valence-electron chi connectivity index (χ0n) is 9.39. The van der Waals surface area contributed by atoms with E-state index in [1.165, 1.54) is 11.1 Å².